The Balaban J connectivity index is 2.21. The highest BCUT2D eigenvalue weighted by Crippen LogP contribution is 2.21. The number of hydrogen-bond donors (Lipinski definition) is 1. The van der Waals surface area contributed by atoms with Crippen LogP contribution in [-0.4, -0.2) is 37.3 Å². The highest BCUT2D eigenvalue weighted by atomic mass is 32.2. The maximum absolute atomic E-state index is 12.3. The molecule has 0 amide bonds. The fraction of sp³-hybridized carbons (Fsp3) is 0.583. The summed E-state index contributed by atoms with van der Waals surface area (Å²) in [6, 6.07) is 3.17. The van der Waals surface area contributed by atoms with Crippen LogP contribution in [0.15, 0.2) is 23.2 Å². The van der Waals surface area contributed by atoms with Gasteiger partial charge in [0.25, 0.3) is 0 Å². The van der Waals surface area contributed by atoms with Crippen LogP contribution in [0.3, 0.4) is 0 Å². The summed E-state index contributed by atoms with van der Waals surface area (Å²) in [5.41, 5.74) is 0. The number of sulfonamides is 1. The number of pyridine rings is 1. The summed E-state index contributed by atoms with van der Waals surface area (Å²) in [6.07, 6.45) is 4.42. The van der Waals surface area contributed by atoms with Gasteiger partial charge >= 0.3 is 0 Å². The van der Waals surface area contributed by atoms with Crippen molar-refractivity contribution in [3.63, 3.8) is 0 Å². The number of rotatable bonds is 5. The second-order valence-corrected chi connectivity index (χ2v) is 6.35. The molecule has 1 fully saturated rings. The molecule has 1 aliphatic heterocycles. The van der Waals surface area contributed by atoms with E-state index in [9.17, 15) is 8.42 Å². The van der Waals surface area contributed by atoms with Gasteiger partial charge in [0, 0.05) is 31.9 Å². The van der Waals surface area contributed by atoms with Gasteiger partial charge in [-0.05, 0) is 25.3 Å². The van der Waals surface area contributed by atoms with Gasteiger partial charge in [0.15, 0.2) is 0 Å². The molecule has 1 N–H and O–H groups in total. The molecule has 0 radical (unpaired) electrons. The molecule has 1 aliphatic rings. The molecule has 0 atom stereocenters. The highest BCUT2D eigenvalue weighted by Gasteiger charge is 2.27. The number of anilines is 1. The van der Waals surface area contributed by atoms with Crippen LogP contribution in [0.5, 0.6) is 0 Å². The molecule has 6 heteroatoms. The quantitative estimate of drug-likeness (QED) is 0.883. The first-order valence-corrected chi connectivity index (χ1v) is 7.78. The van der Waals surface area contributed by atoms with Crippen LogP contribution in [0.4, 0.5) is 5.82 Å². The van der Waals surface area contributed by atoms with E-state index in [4.69, 9.17) is 0 Å². The molecule has 1 aromatic heterocycles. The molecule has 0 saturated carbocycles. The minimum absolute atomic E-state index is 0.331. The average molecular weight is 269 g/mol. The van der Waals surface area contributed by atoms with Gasteiger partial charge in [-0.1, -0.05) is 6.92 Å². The fourth-order valence-corrected chi connectivity index (χ4v) is 3.53. The standard InChI is InChI=1S/C12H19N3O2S/c1-2-6-13-12-10-11(5-7-14-12)18(16,17)15-8-3-4-9-15/h5,7,10H,2-4,6,8-9H2,1H3,(H,13,14). The second kappa shape index (κ2) is 5.67. The van der Waals surface area contributed by atoms with Crippen LogP contribution in [-0.2, 0) is 10.0 Å². The molecule has 1 saturated heterocycles. The average Bonchev–Trinajstić information content (AvgIpc) is 2.91. The van der Waals surface area contributed by atoms with Crippen LogP contribution in [0, 0.1) is 0 Å². The predicted molar refractivity (Wildman–Crippen MR) is 71.0 cm³/mol. The van der Waals surface area contributed by atoms with E-state index in [0.29, 0.717) is 23.8 Å². The van der Waals surface area contributed by atoms with Crippen LogP contribution in [0.1, 0.15) is 26.2 Å². The van der Waals surface area contributed by atoms with E-state index in [1.165, 1.54) is 0 Å². The second-order valence-electron chi connectivity index (χ2n) is 4.41. The lowest BCUT2D eigenvalue weighted by atomic mass is 10.4. The van der Waals surface area contributed by atoms with E-state index >= 15 is 0 Å². The van der Waals surface area contributed by atoms with Gasteiger partial charge in [-0.15, -0.1) is 0 Å². The van der Waals surface area contributed by atoms with Gasteiger partial charge in [0.05, 0.1) is 4.90 Å². The van der Waals surface area contributed by atoms with Crippen LogP contribution in [0.2, 0.25) is 0 Å². The summed E-state index contributed by atoms with van der Waals surface area (Å²) in [5, 5.41) is 3.10. The lowest BCUT2D eigenvalue weighted by Gasteiger charge is -2.15. The summed E-state index contributed by atoms with van der Waals surface area (Å²) in [4.78, 5) is 4.45. The zero-order valence-corrected chi connectivity index (χ0v) is 11.4. The van der Waals surface area contributed by atoms with Crippen LogP contribution < -0.4 is 5.32 Å². The Morgan fingerprint density at radius 3 is 2.78 bits per heavy atom. The number of nitrogens with zero attached hydrogens (tertiary/aromatic N) is 2. The zero-order valence-electron chi connectivity index (χ0n) is 10.6. The molecular formula is C12H19N3O2S. The third-order valence-electron chi connectivity index (χ3n) is 2.99. The van der Waals surface area contributed by atoms with Crippen molar-refractivity contribution in [1.29, 1.82) is 0 Å². The fourth-order valence-electron chi connectivity index (χ4n) is 2.00. The molecule has 5 nitrogen and oxygen atoms in total. The first-order chi connectivity index (χ1) is 8.64. The Labute approximate surface area is 108 Å². The maximum atomic E-state index is 12.3. The molecule has 18 heavy (non-hydrogen) atoms. The highest BCUT2D eigenvalue weighted by molar-refractivity contribution is 7.89. The van der Waals surface area contributed by atoms with Crippen molar-refractivity contribution in [3.05, 3.63) is 18.3 Å². The Kier molecular flexibility index (Phi) is 4.19. The molecular weight excluding hydrogens is 250 g/mol. The normalized spacial score (nSPS) is 16.9. The summed E-state index contributed by atoms with van der Waals surface area (Å²) >= 11 is 0. The predicted octanol–water partition coefficient (Wildman–Crippen LogP) is 1.69. The van der Waals surface area contributed by atoms with Gasteiger partial charge < -0.3 is 5.32 Å². The number of aromatic nitrogens is 1. The summed E-state index contributed by atoms with van der Waals surface area (Å²) < 4.78 is 26.2. The molecule has 2 heterocycles. The topological polar surface area (TPSA) is 62.3 Å². The largest absolute Gasteiger partial charge is 0.370 e. The van der Waals surface area contributed by atoms with Gasteiger partial charge in [-0.3, -0.25) is 0 Å². The lowest BCUT2D eigenvalue weighted by Crippen LogP contribution is -2.27. The Bertz CT molecular complexity index is 496. The number of nitrogens with one attached hydrogen (secondary N) is 1. The first-order valence-electron chi connectivity index (χ1n) is 6.34. The minimum Gasteiger partial charge on any atom is -0.370 e. The van der Waals surface area contributed by atoms with Crippen molar-refractivity contribution in [2.75, 3.05) is 25.0 Å². The zero-order chi connectivity index (χ0) is 13.0. The van der Waals surface area contributed by atoms with Crippen molar-refractivity contribution < 1.29 is 8.42 Å². The van der Waals surface area contributed by atoms with Gasteiger partial charge in [0.1, 0.15) is 5.82 Å². The van der Waals surface area contributed by atoms with Crippen LogP contribution >= 0.6 is 0 Å². The van der Waals surface area contributed by atoms with E-state index in [1.807, 2.05) is 0 Å². The number of hydrogen-bond acceptors (Lipinski definition) is 4. The summed E-state index contributed by atoms with van der Waals surface area (Å²) in [7, 11) is -3.33. The molecule has 100 valence electrons. The molecule has 1 aromatic rings. The maximum Gasteiger partial charge on any atom is 0.243 e. The molecule has 0 spiro atoms. The monoisotopic (exact) mass is 269 g/mol. The van der Waals surface area contributed by atoms with Crippen molar-refractivity contribution in [2.45, 2.75) is 31.1 Å². The third kappa shape index (κ3) is 2.81. The Morgan fingerprint density at radius 1 is 1.39 bits per heavy atom. The Morgan fingerprint density at radius 2 is 2.11 bits per heavy atom. The smallest absolute Gasteiger partial charge is 0.243 e. The Hall–Kier alpha value is -1.14. The van der Waals surface area contributed by atoms with E-state index in [2.05, 4.69) is 17.2 Å². The van der Waals surface area contributed by atoms with E-state index in [0.717, 1.165) is 25.8 Å². The molecule has 2 rings (SSSR count). The van der Waals surface area contributed by atoms with Gasteiger partial charge in [0.2, 0.25) is 10.0 Å². The SMILES string of the molecule is CCCNc1cc(S(=O)(=O)N2CCCC2)ccn1. The van der Waals surface area contributed by atoms with Crippen molar-refractivity contribution in [2.24, 2.45) is 0 Å². The third-order valence-corrected chi connectivity index (χ3v) is 4.88. The van der Waals surface area contributed by atoms with E-state index < -0.39 is 10.0 Å². The summed E-state index contributed by atoms with van der Waals surface area (Å²) in [6.45, 7) is 4.10. The molecule has 0 unspecified atom stereocenters. The molecule has 0 aromatic carbocycles. The lowest BCUT2D eigenvalue weighted by molar-refractivity contribution is 0.477. The van der Waals surface area contributed by atoms with E-state index in [1.54, 1.807) is 22.6 Å². The van der Waals surface area contributed by atoms with Crippen molar-refractivity contribution in [3.8, 4) is 0 Å². The van der Waals surface area contributed by atoms with Gasteiger partial charge in [-0.2, -0.15) is 4.31 Å². The van der Waals surface area contributed by atoms with Gasteiger partial charge in [-0.25, -0.2) is 13.4 Å². The summed E-state index contributed by atoms with van der Waals surface area (Å²) in [5.74, 6) is 0.622. The van der Waals surface area contributed by atoms with E-state index in [-0.39, 0.29) is 0 Å². The van der Waals surface area contributed by atoms with Crippen molar-refractivity contribution in [1.82, 2.24) is 9.29 Å². The molecule has 0 bridgehead atoms. The first kappa shape index (κ1) is 13.3. The molecule has 0 aliphatic carbocycles. The van der Waals surface area contributed by atoms with Crippen LogP contribution in [0.25, 0.3) is 0 Å². The van der Waals surface area contributed by atoms with Crippen molar-refractivity contribution >= 4 is 15.8 Å². The minimum atomic E-state index is -3.33.